The normalized spacial score (nSPS) is 22.6. The van der Waals surface area contributed by atoms with E-state index in [1.807, 2.05) is 23.6 Å². The standard InChI is InChI=1S/C99H160N10O35/c1-61(2)76(122)33-19-15-26-49-103-84(127)40-45-99(60-104-83(126)34-20-16-27-46-100-80(123)35-23-30-54-130-96-87(105-62(3)110)93(139-71(12)119)90(136-68(9)116)77(142-96)57-133-65(6)113,74-41-50-108(51-42-74)85(128)38-21-17-28-47-101-81(124)36-24-31-55-131-97-88(106-63(4)111)94(140-72(13)120)91(137-69(10)117)78(143-97)58-134-66(7)114)75-43-52-109(53-44-75)86(129)39-22-18-29-48-102-82(125)37-25-32-56-132-98-89(107-64(5)112)95(141-73(14)121)92(138-70(11)118)79(144-98)59-135-67(8)115/h61,74-75,77-79,87-98H,15-60H2,1-14H3,(H,100,123)(H,101,124)(H,102,125)(H,103,127)(H,104,126)(H,105,110)(H,106,111)(H,107,112). The number of ether oxygens (including phenoxy) is 15. The van der Waals surface area contributed by atoms with E-state index in [-0.39, 0.29) is 136 Å². The Morgan fingerprint density at radius 1 is 0.299 bits per heavy atom. The number of unbranched alkanes of at least 4 members (excludes halogenated alkanes) is 11. The Bertz CT molecular complexity index is 3980. The van der Waals surface area contributed by atoms with Gasteiger partial charge in [0.25, 0.3) is 0 Å². The minimum atomic E-state index is -1.30. The number of nitrogens with zero attached hydrogens (tertiary/aromatic N) is 2. The summed E-state index contributed by atoms with van der Waals surface area (Å²) in [5.74, 6) is -9.15. The molecule has 45 heteroatoms. The summed E-state index contributed by atoms with van der Waals surface area (Å²) in [5.41, 5.74) is -0.673. The van der Waals surface area contributed by atoms with Gasteiger partial charge in [-0.05, 0) is 139 Å². The molecule has 5 rings (SSSR count). The molecule has 0 spiro atoms. The highest BCUT2D eigenvalue weighted by Gasteiger charge is 2.56. The largest absolute Gasteiger partial charge is 0.463 e. The Morgan fingerprint density at radius 2 is 0.556 bits per heavy atom. The van der Waals surface area contributed by atoms with Crippen molar-refractivity contribution < 1.29 is 167 Å². The minimum absolute atomic E-state index is 0.0183. The zero-order chi connectivity index (χ0) is 106. The van der Waals surface area contributed by atoms with Crippen LogP contribution in [0.5, 0.6) is 0 Å². The van der Waals surface area contributed by atoms with Gasteiger partial charge in [0.1, 0.15) is 62.0 Å². The lowest BCUT2D eigenvalue weighted by Gasteiger charge is -2.52. The number of Topliss-reactive ketones (excluding diaryl/α,β-unsaturated/α-hetero) is 1. The second-order valence-corrected chi connectivity index (χ2v) is 37.7. The van der Waals surface area contributed by atoms with Crippen molar-refractivity contribution in [1.82, 2.24) is 52.3 Å². The average molecular weight is 2050 g/mol. The molecule has 5 heterocycles. The number of hydrogen-bond acceptors (Lipinski definition) is 35. The quantitative estimate of drug-likeness (QED) is 0.0230. The van der Waals surface area contributed by atoms with E-state index in [1.165, 1.54) is 41.5 Å². The molecular weight excluding hydrogens is 1890 g/mol. The number of likely N-dealkylation sites (tertiary alicyclic amines) is 2. The van der Waals surface area contributed by atoms with Crippen molar-refractivity contribution in [1.29, 1.82) is 0 Å². The van der Waals surface area contributed by atoms with Crippen molar-refractivity contribution in [2.75, 3.05) is 98.5 Å². The Balaban J connectivity index is 1.20. The third-order valence-corrected chi connectivity index (χ3v) is 25.5. The molecule has 10 amide bonds. The molecule has 0 aliphatic carbocycles. The first-order chi connectivity index (χ1) is 68.5. The number of esters is 9. The van der Waals surface area contributed by atoms with Gasteiger partial charge in [0.05, 0.1) is 0 Å². The lowest BCUT2D eigenvalue weighted by atomic mass is 9.58. The highest BCUT2D eigenvalue weighted by atomic mass is 16.7. The number of piperidine rings is 2. The van der Waals surface area contributed by atoms with E-state index >= 15 is 0 Å². The molecule has 5 aliphatic heterocycles. The molecule has 0 saturated carbocycles. The summed E-state index contributed by atoms with van der Waals surface area (Å²) in [5, 5.41) is 23.2. The first kappa shape index (κ1) is 124. The zero-order valence-corrected chi connectivity index (χ0v) is 86.6. The summed E-state index contributed by atoms with van der Waals surface area (Å²) in [6.07, 6.45) is -0.947. The van der Waals surface area contributed by atoms with Crippen LogP contribution in [0.25, 0.3) is 0 Å². The van der Waals surface area contributed by atoms with Crippen molar-refractivity contribution in [2.24, 2.45) is 23.2 Å². The van der Waals surface area contributed by atoms with Crippen LogP contribution >= 0.6 is 0 Å². The molecule has 0 aromatic rings. The summed E-state index contributed by atoms with van der Waals surface area (Å²) in [4.78, 5) is 258. The van der Waals surface area contributed by atoms with Gasteiger partial charge < -0.3 is 123 Å². The van der Waals surface area contributed by atoms with E-state index < -0.39 is 189 Å². The molecule has 5 fully saturated rings. The smallest absolute Gasteiger partial charge is 0.303 e. The highest BCUT2D eigenvalue weighted by Crippen LogP contribution is 2.50. The summed E-state index contributed by atoms with van der Waals surface area (Å²) in [7, 11) is 0. The predicted molar refractivity (Wildman–Crippen MR) is 510 cm³/mol. The van der Waals surface area contributed by atoms with E-state index in [9.17, 15) is 95.9 Å². The van der Waals surface area contributed by atoms with Gasteiger partial charge in [0, 0.05) is 219 Å². The van der Waals surface area contributed by atoms with Crippen LogP contribution in [0.1, 0.15) is 296 Å². The number of rotatable bonds is 65. The number of carbonyl (C=O) groups excluding carboxylic acids is 20. The monoisotopic (exact) mass is 2050 g/mol. The number of ketones is 1. The van der Waals surface area contributed by atoms with E-state index in [0.29, 0.717) is 200 Å². The van der Waals surface area contributed by atoms with Crippen molar-refractivity contribution >= 4 is 119 Å². The van der Waals surface area contributed by atoms with Crippen molar-refractivity contribution in [3.8, 4) is 0 Å². The fraction of sp³-hybridized carbons (Fsp3) is 0.798. The Labute approximate surface area is 843 Å². The molecule has 0 aromatic heterocycles. The van der Waals surface area contributed by atoms with Crippen LogP contribution in [0, 0.1) is 23.2 Å². The van der Waals surface area contributed by atoms with Gasteiger partial charge in [-0.2, -0.15) is 0 Å². The molecule has 0 radical (unpaired) electrons. The summed E-state index contributed by atoms with van der Waals surface area (Å²) in [6, 6.07) is -3.44. The Kier molecular flexibility index (Phi) is 57.8. The van der Waals surface area contributed by atoms with Crippen LogP contribution in [-0.4, -0.2) is 319 Å². The molecule has 0 bridgehead atoms. The maximum Gasteiger partial charge on any atom is 0.303 e. The van der Waals surface area contributed by atoms with Crippen LogP contribution < -0.4 is 42.5 Å². The lowest BCUT2D eigenvalue weighted by Crippen LogP contribution is -2.66. The van der Waals surface area contributed by atoms with Crippen LogP contribution in [0.2, 0.25) is 0 Å². The van der Waals surface area contributed by atoms with Crippen LogP contribution in [0.3, 0.4) is 0 Å². The topological polar surface area (TPSA) is 583 Å². The van der Waals surface area contributed by atoms with Gasteiger partial charge in [-0.3, -0.25) is 95.9 Å². The van der Waals surface area contributed by atoms with Crippen LogP contribution in [-0.2, 0) is 167 Å². The third kappa shape index (κ3) is 47.7. The Morgan fingerprint density at radius 3 is 0.826 bits per heavy atom. The minimum Gasteiger partial charge on any atom is -0.463 e. The van der Waals surface area contributed by atoms with Crippen molar-refractivity contribution in [2.45, 2.75) is 388 Å². The van der Waals surface area contributed by atoms with E-state index in [0.717, 1.165) is 48.0 Å². The molecule has 15 atom stereocenters. The van der Waals surface area contributed by atoms with Crippen molar-refractivity contribution in [3.05, 3.63) is 0 Å². The predicted octanol–water partition coefficient (Wildman–Crippen LogP) is 4.81. The van der Waals surface area contributed by atoms with Crippen LogP contribution in [0.15, 0.2) is 0 Å². The molecule has 0 aromatic carbocycles. The molecule has 5 saturated heterocycles. The van der Waals surface area contributed by atoms with E-state index in [4.69, 9.17) is 71.1 Å². The number of hydrogen-bond donors (Lipinski definition) is 8. The maximum absolute atomic E-state index is 14.3. The van der Waals surface area contributed by atoms with E-state index in [2.05, 4.69) is 42.5 Å². The number of amides is 10. The average Bonchev–Trinajstić information content (AvgIpc) is 0.628. The lowest BCUT2D eigenvalue weighted by molar-refractivity contribution is -0.277. The second kappa shape index (κ2) is 67.2. The van der Waals surface area contributed by atoms with E-state index in [1.54, 1.807) is 0 Å². The number of carbonyl (C=O) groups is 20. The molecule has 8 N–H and O–H groups in total. The van der Waals surface area contributed by atoms with Gasteiger partial charge in [-0.1, -0.05) is 39.5 Å². The van der Waals surface area contributed by atoms with Crippen molar-refractivity contribution in [3.63, 3.8) is 0 Å². The summed E-state index contributed by atoms with van der Waals surface area (Å²) in [6.45, 7) is 20.0. The second-order valence-electron chi connectivity index (χ2n) is 37.7. The molecule has 15 unspecified atom stereocenters. The van der Waals surface area contributed by atoms with Gasteiger partial charge in [0.2, 0.25) is 59.1 Å². The van der Waals surface area contributed by atoms with Gasteiger partial charge >= 0.3 is 53.7 Å². The first-order valence-electron chi connectivity index (χ1n) is 50.9. The highest BCUT2D eigenvalue weighted by molar-refractivity contribution is 5.82. The van der Waals surface area contributed by atoms with Gasteiger partial charge in [-0.25, -0.2) is 0 Å². The molecule has 816 valence electrons. The van der Waals surface area contributed by atoms with Gasteiger partial charge in [0.15, 0.2) is 55.5 Å². The Hall–Kier alpha value is -10.6. The fourth-order valence-corrected chi connectivity index (χ4v) is 18.5. The zero-order valence-electron chi connectivity index (χ0n) is 86.6. The molecular formula is C99H160N10O35. The summed E-state index contributed by atoms with van der Waals surface area (Å²) >= 11 is 0. The summed E-state index contributed by atoms with van der Waals surface area (Å²) < 4.78 is 84.8. The first-order valence-corrected chi connectivity index (χ1v) is 50.9. The van der Waals surface area contributed by atoms with Gasteiger partial charge in [-0.15, -0.1) is 0 Å². The SMILES string of the molecule is CC(=O)NC1C(OCCCCC(=O)NCCCCCC(=O)NCC(CCC(=O)NCCCCCC(=O)C(C)C)(C2CCN(C(=O)CCCCCNC(=O)CCCCOC3OC(COC(C)=O)C(OC(C)=O)C(OC(C)=O)C3NC(C)=O)CC2)C2CCN(C(=O)CCCCCNC(=O)CCCCOC3OC(COC(C)=O)C(OC(C)=O)C(OC(C)=O)C3NC(C)=O)CC2)OC(COC(C)=O)C(OC(C)=O)C1OC(C)=O. The molecule has 45 nitrogen and oxygen atoms in total. The molecule has 144 heavy (non-hydrogen) atoms. The molecule has 5 aliphatic rings. The van der Waals surface area contributed by atoms with Crippen LogP contribution in [0.4, 0.5) is 0 Å². The number of nitrogens with one attached hydrogen (secondary N) is 8. The third-order valence-electron chi connectivity index (χ3n) is 25.5. The maximum atomic E-state index is 14.3. The fourth-order valence-electron chi connectivity index (χ4n) is 18.5.